The van der Waals surface area contributed by atoms with Crippen molar-refractivity contribution in [1.29, 1.82) is 0 Å². The van der Waals surface area contributed by atoms with Crippen molar-refractivity contribution in [3.8, 4) is 0 Å². The SMILES string of the molecule is C=CC(=O)NC(COC(=O)C=C)N(C)C. The molecule has 0 spiro atoms. The van der Waals surface area contributed by atoms with Crippen LogP contribution in [-0.2, 0) is 14.3 Å². The Kier molecular flexibility index (Phi) is 6.05. The highest BCUT2D eigenvalue weighted by atomic mass is 16.5. The van der Waals surface area contributed by atoms with Crippen LogP contribution in [0.2, 0.25) is 0 Å². The van der Waals surface area contributed by atoms with Crippen LogP contribution in [0.5, 0.6) is 0 Å². The van der Waals surface area contributed by atoms with Crippen molar-refractivity contribution >= 4 is 11.9 Å². The zero-order valence-corrected chi connectivity index (χ0v) is 9.03. The van der Waals surface area contributed by atoms with Gasteiger partial charge in [0.2, 0.25) is 5.91 Å². The van der Waals surface area contributed by atoms with Gasteiger partial charge in [-0.05, 0) is 20.2 Å². The summed E-state index contributed by atoms with van der Waals surface area (Å²) in [7, 11) is 3.52. The monoisotopic (exact) mass is 212 g/mol. The molecule has 0 rings (SSSR count). The van der Waals surface area contributed by atoms with E-state index in [1.54, 1.807) is 19.0 Å². The summed E-state index contributed by atoms with van der Waals surface area (Å²) in [5, 5.41) is 2.60. The molecule has 0 saturated carbocycles. The molecule has 1 amide bonds. The second kappa shape index (κ2) is 6.78. The maximum Gasteiger partial charge on any atom is 0.330 e. The van der Waals surface area contributed by atoms with E-state index in [2.05, 4.69) is 18.5 Å². The molecule has 0 heterocycles. The number of rotatable bonds is 6. The van der Waals surface area contributed by atoms with Crippen molar-refractivity contribution in [2.45, 2.75) is 6.17 Å². The summed E-state index contributed by atoms with van der Waals surface area (Å²) in [5.41, 5.74) is 0. The maximum atomic E-state index is 11.0. The lowest BCUT2D eigenvalue weighted by Gasteiger charge is -2.24. The number of carbonyl (C=O) groups excluding carboxylic acids is 2. The number of amides is 1. The van der Waals surface area contributed by atoms with Crippen LogP contribution in [0.15, 0.2) is 25.3 Å². The summed E-state index contributed by atoms with van der Waals surface area (Å²) < 4.78 is 4.81. The smallest absolute Gasteiger partial charge is 0.330 e. The Labute approximate surface area is 89.4 Å². The fourth-order valence-electron chi connectivity index (χ4n) is 0.763. The summed E-state index contributed by atoms with van der Waals surface area (Å²) >= 11 is 0. The molecular weight excluding hydrogens is 196 g/mol. The standard InChI is InChI=1S/C10H16N2O3/c1-5-9(13)11-8(12(3)4)7-15-10(14)6-2/h5-6,8H,1-2,7H2,3-4H3,(H,11,13). The highest BCUT2D eigenvalue weighted by molar-refractivity contribution is 5.87. The van der Waals surface area contributed by atoms with E-state index in [9.17, 15) is 9.59 Å². The van der Waals surface area contributed by atoms with Gasteiger partial charge in [-0.15, -0.1) is 0 Å². The van der Waals surface area contributed by atoms with Gasteiger partial charge in [0.1, 0.15) is 12.8 Å². The topological polar surface area (TPSA) is 58.6 Å². The summed E-state index contributed by atoms with van der Waals surface area (Å²) in [4.78, 5) is 23.5. The number of hydrogen-bond donors (Lipinski definition) is 1. The van der Waals surface area contributed by atoms with Gasteiger partial charge in [-0.25, -0.2) is 4.79 Å². The van der Waals surface area contributed by atoms with Crippen molar-refractivity contribution in [3.63, 3.8) is 0 Å². The summed E-state index contributed by atoms with van der Waals surface area (Å²) in [6, 6.07) is 0. The number of nitrogens with zero attached hydrogens (tertiary/aromatic N) is 1. The van der Waals surface area contributed by atoms with Crippen LogP contribution >= 0.6 is 0 Å². The van der Waals surface area contributed by atoms with Crippen LogP contribution in [-0.4, -0.2) is 43.6 Å². The fourth-order valence-corrected chi connectivity index (χ4v) is 0.763. The normalized spacial score (nSPS) is 11.7. The van der Waals surface area contributed by atoms with Crippen LogP contribution in [0.4, 0.5) is 0 Å². The van der Waals surface area contributed by atoms with Crippen molar-refractivity contribution in [3.05, 3.63) is 25.3 Å². The molecule has 0 aromatic heterocycles. The molecule has 1 unspecified atom stereocenters. The van der Waals surface area contributed by atoms with Crippen molar-refractivity contribution in [2.75, 3.05) is 20.7 Å². The highest BCUT2D eigenvalue weighted by Crippen LogP contribution is 1.92. The minimum atomic E-state index is -0.519. The molecule has 0 radical (unpaired) electrons. The molecule has 5 heteroatoms. The second-order valence-electron chi connectivity index (χ2n) is 3.03. The van der Waals surface area contributed by atoms with Crippen LogP contribution in [0.3, 0.4) is 0 Å². The van der Waals surface area contributed by atoms with Crippen molar-refractivity contribution in [1.82, 2.24) is 10.2 Å². The lowest BCUT2D eigenvalue weighted by Crippen LogP contribution is -2.47. The predicted molar refractivity (Wildman–Crippen MR) is 57.0 cm³/mol. The van der Waals surface area contributed by atoms with Crippen LogP contribution in [0, 0.1) is 0 Å². The minimum Gasteiger partial charge on any atom is -0.459 e. The minimum absolute atomic E-state index is 0.0669. The molecule has 0 fully saturated rings. The molecular formula is C10H16N2O3. The first kappa shape index (κ1) is 13.4. The van der Waals surface area contributed by atoms with Crippen molar-refractivity contribution in [2.24, 2.45) is 0 Å². The molecule has 1 atom stereocenters. The number of nitrogens with one attached hydrogen (secondary N) is 1. The number of carbonyl (C=O) groups is 2. The Morgan fingerprint density at radius 1 is 1.40 bits per heavy atom. The Bertz CT molecular complexity index is 261. The molecule has 5 nitrogen and oxygen atoms in total. The van der Waals surface area contributed by atoms with Gasteiger partial charge in [-0.3, -0.25) is 9.69 Å². The predicted octanol–water partition coefficient (Wildman–Crippen LogP) is -0.0945. The number of esters is 1. The van der Waals surface area contributed by atoms with E-state index in [1.165, 1.54) is 0 Å². The summed E-state index contributed by atoms with van der Waals surface area (Å²) in [5.74, 6) is -0.835. The summed E-state index contributed by atoms with van der Waals surface area (Å²) in [6.07, 6.45) is 1.85. The second-order valence-corrected chi connectivity index (χ2v) is 3.03. The third-order valence-electron chi connectivity index (χ3n) is 1.67. The van der Waals surface area contributed by atoms with E-state index in [1.807, 2.05) is 0 Å². The van der Waals surface area contributed by atoms with E-state index in [4.69, 9.17) is 4.74 Å². The molecule has 15 heavy (non-hydrogen) atoms. The van der Waals surface area contributed by atoms with Gasteiger partial charge >= 0.3 is 5.97 Å². The molecule has 0 aliphatic heterocycles. The van der Waals surface area contributed by atoms with E-state index in [0.717, 1.165) is 12.2 Å². The fraction of sp³-hybridized carbons (Fsp3) is 0.400. The lowest BCUT2D eigenvalue weighted by atomic mass is 10.4. The lowest BCUT2D eigenvalue weighted by molar-refractivity contribution is -0.140. The maximum absolute atomic E-state index is 11.0. The van der Waals surface area contributed by atoms with Gasteiger partial charge in [0, 0.05) is 6.08 Å². The Hall–Kier alpha value is -1.62. The van der Waals surface area contributed by atoms with Crippen LogP contribution < -0.4 is 5.32 Å². The highest BCUT2D eigenvalue weighted by Gasteiger charge is 2.14. The van der Waals surface area contributed by atoms with Gasteiger partial charge in [0.05, 0.1) is 0 Å². The molecule has 0 aromatic rings. The van der Waals surface area contributed by atoms with Gasteiger partial charge in [0.25, 0.3) is 0 Å². The zero-order chi connectivity index (χ0) is 11.8. The van der Waals surface area contributed by atoms with Gasteiger partial charge in [-0.1, -0.05) is 13.2 Å². The number of hydrogen-bond acceptors (Lipinski definition) is 4. The van der Waals surface area contributed by atoms with E-state index < -0.39 is 5.97 Å². The average molecular weight is 212 g/mol. The zero-order valence-electron chi connectivity index (χ0n) is 9.03. The van der Waals surface area contributed by atoms with Crippen molar-refractivity contribution < 1.29 is 14.3 Å². The van der Waals surface area contributed by atoms with Gasteiger partial charge < -0.3 is 10.1 Å². The molecule has 0 bridgehead atoms. The summed E-state index contributed by atoms with van der Waals surface area (Å²) in [6.45, 7) is 6.67. The van der Waals surface area contributed by atoms with Crippen LogP contribution in [0.1, 0.15) is 0 Å². The quantitative estimate of drug-likeness (QED) is 0.379. The van der Waals surface area contributed by atoms with Gasteiger partial charge in [0.15, 0.2) is 0 Å². The molecule has 0 saturated heterocycles. The molecule has 1 N–H and O–H groups in total. The molecule has 0 aliphatic rings. The Morgan fingerprint density at radius 3 is 2.40 bits per heavy atom. The van der Waals surface area contributed by atoms with E-state index >= 15 is 0 Å². The average Bonchev–Trinajstić information content (AvgIpc) is 2.22. The first-order chi connectivity index (χ1) is 7.01. The number of likely N-dealkylation sites (N-methyl/N-ethyl adjacent to an activating group) is 1. The first-order valence-electron chi connectivity index (χ1n) is 4.39. The first-order valence-corrected chi connectivity index (χ1v) is 4.39. The molecule has 0 aliphatic carbocycles. The van der Waals surface area contributed by atoms with Crippen LogP contribution in [0.25, 0.3) is 0 Å². The largest absolute Gasteiger partial charge is 0.459 e. The van der Waals surface area contributed by atoms with E-state index in [-0.39, 0.29) is 18.7 Å². The molecule has 0 aromatic carbocycles. The van der Waals surface area contributed by atoms with Gasteiger partial charge in [-0.2, -0.15) is 0 Å². The number of ether oxygens (including phenoxy) is 1. The Morgan fingerprint density at radius 2 is 2.00 bits per heavy atom. The van der Waals surface area contributed by atoms with E-state index in [0.29, 0.717) is 0 Å². The molecule has 84 valence electrons. The Balaban J connectivity index is 4.16. The third-order valence-corrected chi connectivity index (χ3v) is 1.67. The third kappa shape index (κ3) is 5.64.